The minimum atomic E-state index is -0.602. The van der Waals surface area contributed by atoms with Gasteiger partial charge in [-0.05, 0) is 6.42 Å². The Hall–Kier alpha value is -1.01. The molecule has 0 amide bonds. The fourth-order valence-corrected chi connectivity index (χ4v) is 0.541. The molecule has 3 heteroatoms. The molecule has 3 nitrogen and oxygen atoms in total. The van der Waals surface area contributed by atoms with Crippen molar-refractivity contribution in [3.8, 4) is 12.3 Å². The minimum absolute atomic E-state index is 0.0933. The van der Waals surface area contributed by atoms with Crippen LogP contribution >= 0.6 is 0 Å². The monoisotopic (exact) mass is 142 g/mol. The minimum Gasteiger partial charge on any atom is -0.468 e. The van der Waals surface area contributed by atoms with E-state index in [1.165, 1.54) is 7.11 Å². The second kappa shape index (κ2) is 4.83. The van der Waals surface area contributed by atoms with E-state index in [-0.39, 0.29) is 13.0 Å². The molecule has 0 spiro atoms. The summed E-state index contributed by atoms with van der Waals surface area (Å²) in [5, 5.41) is 8.41. The van der Waals surface area contributed by atoms with E-state index >= 15 is 0 Å². The zero-order valence-electron chi connectivity index (χ0n) is 5.83. The predicted octanol–water partition coefficient (Wildman–Crippen LogP) is -0.209. The molecule has 0 aliphatic rings. The summed E-state index contributed by atoms with van der Waals surface area (Å²) in [6.45, 7) is -0.0933. The van der Waals surface area contributed by atoms with Gasteiger partial charge in [-0.15, -0.1) is 6.42 Å². The molecule has 0 saturated heterocycles. The van der Waals surface area contributed by atoms with E-state index in [1.807, 2.05) is 0 Å². The number of ether oxygens (including phenoxy) is 1. The molecule has 0 aromatic rings. The third kappa shape index (κ3) is 2.51. The Morgan fingerprint density at radius 1 is 1.90 bits per heavy atom. The number of aliphatic hydroxyl groups is 1. The molecule has 0 rings (SSSR count). The molecule has 1 N–H and O–H groups in total. The van der Waals surface area contributed by atoms with Crippen LogP contribution in [-0.2, 0) is 9.53 Å². The molecule has 0 bridgehead atoms. The first-order chi connectivity index (χ1) is 4.76. The standard InChI is InChI=1S/C7H10O3/c1-3-6(4-5-8)7(9)10-2/h1,6,8H,4-5H2,2H3. The van der Waals surface area contributed by atoms with E-state index in [1.54, 1.807) is 0 Å². The molecule has 56 valence electrons. The van der Waals surface area contributed by atoms with Gasteiger partial charge in [0, 0.05) is 6.61 Å². The van der Waals surface area contributed by atoms with Crippen LogP contribution in [0.1, 0.15) is 6.42 Å². The molecule has 0 aromatic heterocycles. The van der Waals surface area contributed by atoms with Gasteiger partial charge in [0.25, 0.3) is 0 Å². The predicted molar refractivity (Wildman–Crippen MR) is 36.0 cm³/mol. The highest BCUT2D eigenvalue weighted by Crippen LogP contribution is 2.01. The Morgan fingerprint density at radius 2 is 2.50 bits per heavy atom. The molecule has 0 heterocycles. The molecule has 0 fully saturated rings. The number of methoxy groups -OCH3 is 1. The summed E-state index contributed by atoms with van der Waals surface area (Å²) < 4.78 is 4.36. The summed E-state index contributed by atoms with van der Waals surface area (Å²) in [5.41, 5.74) is 0. The second-order valence-electron chi connectivity index (χ2n) is 1.75. The number of esters is 1. The normalized spacial score (nSPS) is 11.7. The van der Waals surface area contributed by atoms with Crippen molar-refractivity contribution in [3.63, 3.8) is 0 Å². The quantitative estimate of drug-likeness (QED) is 0.438. The van der Waals surface area contributed by atoms with Crippen molar-refractivity contribution in [2.24, 2.45) is 5.92 Å². The van der Waals surface area contributed by atoms with Crippen molar-refractivity contribution < 1.29 is 14.6 Å². The van der Waals surface area contributed by atoms with Crippen LogP contribution in [0.2, 0.25) is 0 Å². The Kier molecular flexibility index (Phi) is 4.34. The van der Waals surface area contributed by atoms with Crippen molar-refractivity contribution in [2.75, 3.05) is 13.7 Å². The number of rotatable bonds is 3. The third-order valence-corrected chi connectivity index (χ3v) is 1.10. The number of terminal acetylenes is 1. The van der Waals surface area contributed by atoms with Crippen LogP contribution in [0.15, 0.2) is 0 Å². The van der Waals surface area contributed by atoms with Crippen LogP contribution in [-0.4, -0.2) is 24.8 Å². The van der Waals surface area contributed by atoms with Gasteiger partial charge in [0.2, 0.25) is 0 Å². The number of hydrogen-bond donors (Lipinski definition) is 1. The average Bonchev–Trinajstić information content (AvgIpc) is 1.99. The number of carbonyl (C=O) groups is 1. The smallest absolute Gasteiger partial charge is 0.320 e. The third-order valence-electron chi connectivity index (χ3n) is 1.10. The van der Waals surface area contributed by atoms with Crippen LogP contribution in [0, 0.1) is 18.3 Å². The fourth-order valence-electron chi connectivity index (χ4n) is 0.541. The Labute approximate surface area is 60.0 Å². The summed E-state index contributed by atoms with van der Waals surface area (Å²) in [6.07, 6.45) is 5.24. The first-order valence-corrected chi connectivity index (χ1v) is 2.91. The summed E-state index contributed by atoms with van der Waals surface area (Å²) in [4.78, 5) is 10.7. The zero-order valence-corrected chi connectivity index (χ0v) is 5.83. The second-order valence-corrected chi connectivity index (χ2v) is 1.75. The lowest BCUT2D eigenvalue weighted by atomic mass is 10.1. The maximum absolute atomic E-state index is 10.7. The Morgan fingerprint density at radius 3 is 2.80 bits per heavy atom. The number of aliphatic hydroxyl groups excluding tert-OH is 1. The van der Waals surface area contributed by atoms with Crippen LogP contribution in [0.25, 0.3) is 0 Å². The summed E-state index contributed by atoms with van der Waals surface area (Å²) in [7, 11) is 1.27. The van der Waals surface area contributed by atoms with Gasteiger partial charge in [0.1, 0.15) is 5.92 Å². The highest BCUT2D eigenvalue weighted by molar-refractivity contribution is 5.75. The maximum atomic E-state index is 10.7. The maximum Gasteiger partial charge on any atom is 0.320 e. The van der Waals surface area contributed by atoms with Gasteiger partial charge in [0.15, 0.2) is 0 Å². The Balaban J connectivity index is 3.84. The van der Waals surface area contributed by atoms with Crippen molar-refractivity contribution in [2.45, 2.75) is 6.42 Å². The number of carbonyl (C=O) groups excluding carboxylic acids is 1. The van der Waals surface area contributed by atoms with Gasteiger partial charge < -0.3 is 9.84 Å². The van der Waals surface area contributed by atoms with E-state index in [9.17, 15) is 4.79 Å². The van der Waals surface area contributed by atoms with Crippen molar-refractivity contribution >= 4 is 5.97 Å². The molecule has 1 unspecified atom stereocenters. The van der Waals surface area contributed by atoms with E-state index in [0.29, 0.717) is 0 Å². The average molecular weight is 142 g/mol. The first kappa shape index (κ1) is 8.99. The molecule has 1 atom stereocenters. The molecule has 0 aliphatic carbocycles. The van der Waals surface area contributed by atoms with Gasteiger partial charge >= 0.3 is 5.97 Å². The Bertz CT molecular complexity index is 145. The highest BCUT2D eigenvalue weighted by Gasteiger charge is 2.14. The van der Waals surface area contributed by atoms with Gasteiger partial charge in [-0.3, -0.25) is 4.79 Å². The number of hydrogen-bond acceptors (Lipinski definition) is 3. The van der Waals surface area contributed by atoms with Gasteiger partial charge in [-0.25, -0.2) is 0 Å². The first-order valence-electron chi connectivity index (χ1n) is 2.91. The van der Waals surface area contributed by atoms with Gasteiger partial charge in [-0.1, -0.05) is 5.92 Å². The SMILES string of the molecule is C#CC(CCO)C(=O)OC. The molecule has 10 heavy (non-hydrogen) atoms. The van der Waals surface area contributed by atoms with E-state index in [4.69, 9.17) is 11.5 Å². The molecular weight excluding hydrogens is 132 g/mol. The van der Waals surface area contributed by atoms with Crippen molar-refractivity contribution in [3.05, 3.63) is 0 Å². The lowest BCUT2D eigenvalue weighted by Crippen LogP contribution is -2.15. The fraction of sp³-hybridized carbons (Fsp3) is 0.571. The molecule has 0 aromatic carbocycles. The van der Waals surface area contributed by atoms with Gasteiger partial charge in [0.05, 0.1) is 7.11 Å². The largest absolute Gasteiger partial charge is 0.468 e. The van der Waals surface area contributed by atoms with E-state index in [0.717, 1.165) is 0 Å². The molecular formula is C7H10O3. The summed E-state index contributed by atoms with van der Waals surface area (Å²) >= 11 is 0. The van der Waals surface area contributed by atoms with Crippen LogP contribution in [0.4, 0.5) is 0 Å². The van der Waals surface area contributed by atoms with Crippen LogP contribution in [0.5, 0.6) is 0 Å². The zero-order chi connectivity index (χ0) is 7.98. The van der Waals surface area contributed by atoms with Crippen molar-refractivity contribution in [1.29, 1.82) is 0 Å². The van der Waals surface area contributed by atoms with Crippen molar-refractivity contribution in [1.82, 2.24) is 0 Å². The molecule has 0 aliphatic heterocycles. The van der Waals surface area contributed by atoms with E-state index < -0.39 is 11.9 Å². The summed E-state index contributed by atoms with van der Waals surface area (Å²) in [6, 6.07) is 0. The highest BCUT2D eigenvalue weighted by atomic mass is 16.5. The lowest BCUT2D eigenvalue weighted by Gasteiger charge is -2.04. The van der Waals surface area contributed by atoms with Crippen LogP contribution < -0.4 is 0 Å². The lowest BCUT2D eigenvalue weighted by molar-refractivity contribution is -0.143. The summed E-state index contributed by atoms with van der Waals surface area (Å²) in [5.74, 6) is 1.16. The van der Waals surface area contributed by atoms with Crippen LogP contribution in [0.3, 0.4) is 0 Å². The topological polar surface area (TPSA) is 46.5 Å². The van der Waals surface area contributed by atoms with Gasteiger partial charge in [-0.2, -0.15) is 0 Å². The van der Waals surface area contributed by atoms with E-state index in [2.05, 4.69) is 10.7 Å². The molecule has 0 saturated carbocycles. The molecule has 0 radical (unpaired) electrons.